The third-order valence-corrected chi connectivity index (χ3v) is 4.66. The van der Waals surface area contributed by atoms with Gasteiger partial charge in [0.25, 0.3) is 0 Å². The second-order valence-electron chi connectivity index (χ2n) is 5.95. The van der Waals surface area contributed by atoms with Crippen molar-refractivity contribution in [2.75, 3.05) is 20.5 Å². The number of benzene rings is 2. The van der Waals surface area contributed by atoms with E-state index < -0.39 is 11.7 Å². The fourth-order valence-electron chi connectivity index (χ4n) is 3.50. The van der Waals surface area contributed by atoms with E-state index in [1.165, 1.54) is 13.2 Å². The monoisotopic (exact) mass is 330 g/mol. The molecule has 24 heavy (non-hydrogen) atoms. The Morgan fingerprint density at radius 2 is 1.92 bits per heavy atom. The molecule has 0 aliphatic carbocycles. The van der Waals surface area contributed by atoms with Crippen molar-refractivity contribution in [1.29, 1.82) is 0 Å². The topological polar surface area (TPSA) is 86.6 Å². The molecule has 2 aromatic carbocycles. The lowest BCUT2D eigenvalue weighted by molar-refractivity contribution is -0.0871. The van der Waals surface area contributed by atoms with Gasteiger partial charge in [-0.25, -0.2) is 0 Å². The Morgan fingerprint density at radius 3 is 2.71 bits per heavy atom. The summed E-state index contributed by atoms with van der Waals surface area (Å²) in [5.74, 6) is 2.25. The predicted molar refractivity (Wildman–Crippen MR) is 80.0 cm³/mol. The fourth-order valence-corrected chi connectivity index (χ4v) is 3.50. The molecular formula is C17H14O7. The molecule has 0 aromatic heterocycles. The summed E-state index contributed by atoms with van der Waals surface area (Å²) in [7, 11) is 1.45. The number of phenolic OH excluding ortho intramolecular Hbond substituents is 1. The van der Waals surface area contributed by atoms with Crippen LogP contribution in [-0.4, -0.2) is 30.7 Å². The first-order valence-corrected chi connectivity index (χ1v) is 7.47. The highest BCUT2D eigenvalue weighted by atomic mass is 16.7. The van der Waals surface area contributed by atoms with Gasteiger partial charge < -0.3 is 33.9 Å². The van der Waals surface area contributed by atoms with Gasteiger partial charge in [0.15, 0.2) is 34.7 Å². The number of fused-ring (bicyclic) bond motifs is 6. The summed E-state index contributed by atoms with van der Waals surface area (Å²) < 4.78 is 27.7. The van der Waals surface area contributed by atoms with Crippen molar-refractivity contribution in [2.45, 2.75) is 11.7 Å². The highest BCUT2D eigenvalue weighted by molar-refractivity contribution is 5.62. The van der Waals surface area contributed by atoms with Gasteiger partial charge in [0.2, 0.25) is 12.5 Å². The van der Waals surface area contributed by atoms with Gasteiger partial charge in [-0.15, -0.1) is 0 Å². The molecule has 3 heterocycles. The summed E-state index contributed by atoms with van der Waals surface area (Å²) in [5.41, 5.74) is -0.156. The second kappa shape index (κ2) is 4.39. The number of ether oxygens (including phenoxy) is 5. The summed E-state index contributed by atoms with van der Waals surface area (Å²) in [6.07, 6.45) is -0.673. The predicted octanol–water partition coefficient (Wildman–Crippen LogP) is 1.84. The number of hydrogen-bond acceptors (Lipinski definition) is 7. The molecule has 2 atom stereocenters. The molecule has 0 radical (unpaired) electrons. The van der Waals surface area contributed by atoms with Crippen molar-refractivity contribution < 1.29 is 33.9 Å². The van der Waals surface area contributed by atoms with E-state index in [2.05, 4.69) is 0 Å². The van der Waals surface area contributed by atoms with Crippen molar-refractivity contribution in [1.82, 2.24) is 0 Å². The number of hydrogen-bond donors (Lipinski definition) is 2. The van der Waals surface area contributed by atoms with Crippen LogP contribution in [0.25, 0.3) is 0 Å². The summed E-state index contributed by atoms with van der Waals surface area (Å²) >= 11 is 0. The van der Waals surface area contributed by atoms with Gasteiger partial charge in [-0.3, -0.25) is 0 Å². The molecule has 124 valence electrons. The number of methoxy groups -OCH3 is 1. The molecule has 0 saturated carbocycles. The molecule has 0 fully saturated rings. The van der Waals surface area contributed by atoms with Crippen LogP contribution in [0, 0.1) is 0 Å². The fraction of sp³-hybridized carbons (Fsp3) is 0.294. The van der Waals surface area contributed by atoms with Gasteiger partial charge >= 0.3 is 0 Å². The van der Waals surface area contributed by atoms with E-state index in [0.717, 1.165) is 0 Å². The lowest BCUT2D eigenvalue weighted by Gasteiger charge is -2.35. The first-order chi connectivity index (χ1) is 11.6. The Balaban J connectivity index is 1.67. The summed E-state index contributed by atoms with van der Waals surface area (Å²) in [6.45, 7) is 0.118. The van der Waals surface area contributed by atoms with Gasteiger partial charge in [-0.05, 0) is 18.2 Å². The molecule has 3 aliphatic rings. The van der Waals surface area contributed by atoms with Crippen LogP contribution < -0.4 is 23.7 Å². The van der Waals surface area contributed by atoms with E-state index in [4.69, 9.17) is 23.7 Å². The molecular weight excluding hydrogens is 316 g/mol. The van der Waals surface area contributed by atoms with Crippen LogP contribution in [0.1, 0.15) is 17.2 Å². The van der Waals surface area contributed by atoms with Crippen molar-refractivity contribution in [3.05, 3.63) is 35.4 Å². The molecule has 0 saturated heterocycles. The minimum atomic E-state index is -1.36. The average Bonchev–Trinajstić information content (AvgIpc) is 3.14. The maximum atomic E-state index is 11.2. The van der Waals surface area contributed by atoms with Crippen LogP contribution in [-0.2, 0) is 5.60 Å². The summed E-state index contributed by atoms with van der Waals surface area (Å²) in [6, 6.07) is 6.59. The zero-order valence-corrected chi connectivity index (χ0v) is 12.7. The maximum absolute atomic E-state index is 11.2. The Hall–Kier alpha value is -2.80. The Morgan fingerprint density at radius 1 is 1.12 bits per heavy atom. The first kappa shape index (κ1) is 13.6. The SMILES string of the molecule is COc1c(O)ccc2c1OC[C@@]1(O)c3cc4c(cc3O[C@@H]21)OCO4. The van der Waals surface area contributed by atoms with E-state index in [1.807, 2.05) is 0 Å². The Labute approximate surface area is 136 Å². The lowest BCUT2D eigenvalue weighted by atomic mass is 9.84. The van der Waals surface area contributed by atoms with Crippen molar-refractivity contribution >= 4 is 0 Å². The highest BCUT2D eigenvalue weighted by Gasteiger charge is 2.54. The zero-order valence-electron chi connectivity index (χ0n) is 12.7. The average molecular weight is 330 g/mol. The standard InChI is InChI=1S/C17H14O7/c1-20-15-10(18)3-2-8-14(15)21-6-17(19)9-4-12-13(23-7-22-12)5-11(9)24-16(8)17/h2-5,16,18-19H,6-7H2,1H3/t16-,17+/m0/s1. The van der Waals surface area contributed by atoms with E-state index in [9.17, 15) is 10.2 Å². The molecule has 2 aromatic rings. The number of aliphatic hydroxyl groups is 1. The van der Waals surface area contributed by atoms with Crippen LogP contribution >= 0.6 is 0 Å². The minimum absolute atomic E-state index is 0.0297. The Kier molecular flexibility index (Phi) is 2.49. The first-order valence-electron chi connectivity index (χ1n) is 7.47. The van der Waals surface area contributed by atoms with E-state index in [0.29, 0.717) is 34.1 Å². The quantitative estimate of drug-likeness (QED) is 0.825. The van der Waals surface area contributed by atoms with Crippen LogP contribution in [0.5, 0.6) is 34.5 Å². The normalized spacial score (nSPS) is 25.2. The number of aromatic hydroxyl groups is 1. The molecule has 0 unspecified atom stereocenters. The lowest BCUT2D eigenvalue weighted by Crippen LogP contribution is -2.41. The summed E-state index contributed by atoms with van der Waals surface area (Å²) in [4.78, 5) is 0. The second-order valence-corrected chi connectivity index (χ2v) is 5.95. The van der Waals surface area contributed by atoms with Gasteiger partial charge in [0.1, 0.15) is 12.4 Å². The third-order valence-electron chi connectivity index (χ3n) is 4.66. The maximum Gasteiger partial charge on any atom is 0.231 e. The van der Waals surface area contributed by atoms with E-state index >= 15 is 0 Å². The highest BCUT2D eigenvalue weighted by Crippen LogP contribution is 2.58. The summed E-state index contributed by atoms with van der Waals surface area (Å²) in [5, 5.41) is 21.1. The minimum Gasteiger partial charge on any atom is -0.504 e. The van der Waals surface area contributed by atoms with Crippen molar-refractivity contribution in [2.24, 2.45) is 0 Å². The molecule has 0 spiro atoms. The van der Waals surface area contributed by atoms with Crippen LogP contribution in [0.3, 0.4) is 0 Å². The van der Waals surface area contributed by atoms with Crippen LogP contribution in [0.15, 0.2) is 24.3 Å². The van der Waals surface area contributed by atoms with Gasteiger partial charge in [0, 0.05) is 17.2 Å². The largest absolute Gasteiger partial charge is 0.504 e. The molecule has 0 bridgehead atoms. The molecule has 5 rings (SSSR count). The molecule has 7 nitrogen and oxygen atoms in total. The molecule has 0 amide bonds. The van der Waals surface area contributed by atoms with Gasteiger partial charge in [-0.1, -0.05) is 0 Å². The number of rotatable bonds is 1. The van der Waals surface area contributed by atoms with Crippen LogP contribution in [0.4, 0.5) is 0 Å². The molecule has 7 heteroatoms. The molecule has 2 N–H and O–H groups in total. The van der Waals surface area contributed by atoms with Crippen molar-refractivity contribution in [3.8, 4) is 34.5 Å². The van der Waals surface area contributed by atoms with Gasteiger partial charge in [0.05, 0.1) is 7.11 Å². The third kappa shape index (κ3) is 1.54. The zero-order chi connectivity index (χ0) is 16.5. The van der Waals surface area contributed by atoms with Crippen LogP contribution in [0.2, 0.25) is 0 Å². The van der Waals surface area contributed by atoms with Gasteiger partial charge in [-0.2, -0.15) is 0 Å². The van der Waals surface area contributed by atoms with E-state index in [-0.39, 0.29) is 24.9 Å². The van der Waals surface area contributed by atoms with E-state index in [1.54, 1.807) is 18.2 Å². The smallest absolute Gasteiger partial charge is 0.231 e. The molecule has 3 aliphatic heterocycles. The van der Waals surface area contributed by atoms with Crippen molar-refractivity contribution in [3.63, 3.8) is 0 Å². The number of phenols is 1. The Bertz CT molecular complexity index is 863.